The van der Waals surface area contributed by atoms with Crippen LogP contribution in [-0.4, -0.2) is 44.7 Å². The summed E-state index contributed by atoms with van der Waals surface area (Å²) in [6, 6.07) is 10.3. The summed E-state index contributed by atoms with van der Waals surface area (Å²) >= 11 is 0. The van der Waals surface area contributed by atoms with Gasteiger partial charge in [0.05, 0.1) is 33.7 Å². The van der Waals surface area contributed by atoms with E-state index in [-0.39, 0.29) is 40.5 Å². The van der Waals surface area contributed by atoms with Gasteiger partial charge in [0.1, 0.15) is 17.7 Å². The largest absolute Gasteiger partial charge is 0.396 e. The molecule has 0 amide bonds. The molecule has 1 aromatic carbocycles. The van der Waals surface area contributed by atoms with Crippen LogP contribution in [0.5, 0.6) is 0 Å². The molecule has 0 unspecified atom stereocenters. The van der Waals surface area contributed by atoms with E-state index in [1.165, 1.54) is 16.7 Å². The normalized spacial score (nSPS) is 17.5. The lowest BCUT2D eigenvalue weighted by molar-refractivity contribution is 0.423. The van der Waals surface area contributed by atoms with E-state index in [9.17, 15) is 14.4 Å². The number of halogens is 1. The van der Waals surface area contributed by atoms with Crippen molar-refractivity contribution in [3.63, 3.8) is 0 Å². The third kappa shape index (κ3) is 4.49. The van der Waals surface area contributed by atoms with Crippen LogP contribution < -0.4 is 21.6 Å². The highest BCUT2D eigenvalue weighted by molar-refractivity contribution is 5.93. The van der Waals surface area contributed by atoms with Gasteiger partial charge in [-0.1, -0.05) is 26.0 Å². The number of nitrogen functional groups attached to an aromatic ring is 1. The Balaban J connectivity index is 1.94. The molecular formula is C29H31FN8O. The first-order chi connectivity index (χ1) is 18.6. The van der Waals surface area contributed by atoms with Crippen LogP contribution in [-0.2, 0) is 0 Å². The van der Waals surface area contributed by atoms with Gasteiger partial charge in [-0.2, -0.15) is 10.2 Å². The number of aromatic nitrogens is 4. The Kier molecular flexibility index (Phi) is 6.78. The second kappa shape index (κ2) is 10.1. The first-order valence-electron chi connectivity index (χ1n) is 13.0. The van der Waals surface area contributed by atoms with Crippen LogP contribution in [0.2, 0.25) is 0 Å². The van der Waals surface area contributed by atoms with Gasteiger partial charge in [-0.15, -0.1) is 0 Å². The Labute approximate surface area is 226 Å². The summed E-state index contributed by atoms with van der Waals surface area (Å²) < 4.78 is 15.9. The number of fused-ring (bicyclic) bond motifs is 1. The molecule has 0 aliphatic carbocycles. The highest BCUT2D eigenvalue weighted by Crippen LogP contribution is 2.35. The zero-order chi connectivity index (χ0) is 28.0. The molecule has 3 N–H and O–H groups in total. The number of nitrogens with one attached hydrogen (secondary N) is 1. The average Bonchev–Trinajstić information content (AvgIpc) is 2.91. The molecule has 4 aromatic rings. The van der Waals surface area contributed by atoms with E-state index in [0.717, 1.165) is 11.3 Å². The molecule has 9 nitrogen and oxygen atoms in total. The number of anilines is 2. The molecule has 1 aliphatic rings. The molecule has 0 radical (unpaired) electrons. The van der Waals surface area contributed by atoms with Gasteiger partial charge in [-0.25, -0.2) is 18.7 Å². The summed E-state index contributed by atoms with van der Waals surface area (Å²) in [7, 11) is 0. The second-order valence-electron chi connectivity index (χ2n) is 10.4. The fraction of sp³-hybridized carbons (Fsp3) is 0.345. The van der Waals surface area contributed by atoms with Crippen molar-refractivity contribution in [3.8, 4) is 23.0 Å². The van der Waals surface area contributed by atoms with E-state index in [2.05, 4.69) is 40.1 Å². The zero-order valence-electron chi connectivity index (χ0n) is 22.7. The van der Waals surface area contributed by atoms with Crippen LogP contribution in [0.3, 0.4) is 0 Å². The van der Waals surface area contributed by atoms with E-state index >= 15 is 0 Å². The molecule has 0 saturated carbocycles. The number of hydrogen-bond donors (Lipinski definition) is 2. The van der Waals surface area contributed by atoms with Gasteiger partial charge in [-0.05, 0) is 50.5 Å². The minimum absolute atomic E-state index is 0.00674. The van der Waals surface area contributed by atoms with Crippen LogP contribution in [0.1, 0.15) is 50.4 Å². The smallest absolute Gasteiger partial charge is 0.355 e. The maximum Gasteiger partial charge on any atom is 0.355 e. The predicted octanol–water partition coefficient (Wildman–Crippen LogP) is 4.05. The molecule has 1 aliphatic heterocycles. The molecule has 200 valence electrons. The number of aryl methyl sites for hydroxylation is 1. The average molecular weight is 527 g/mol. The second-order valence-corrected chi connectivity index (χ2v) is 10.4. The molecule has 39 heavy (non-hydrogen) atoms. The number of benzene rings is 1. The maximum atomic E-state index is 14.5. The lowest BCUT2D eigenvalue weighted by atomic mass is 10.0. The van der Waals surface area contributed by atoms with Crippen molar-refractivity contribution >= 4 is 22.5 Å². The van der Waals surface area contributed by atoms with E-state index in [1.54, 1.807) is 18.3 Å². The van der Waals surface area contributed by atoms with Crippen molar-refractivity contribution < 1.29 is 4.39 Å². The summed E-state index contributed by atoms with van der Waals surface area (Å²) in [5.41, 5.74) is 8.60. The van der Waals surface area contributed by atoms with Crippen molar-refractivity contribution in [1.29, 1.82) is 5.26 Å². The molecule has 10 heteroatoms. The number of rotatable bonds is 4. The molecule has 2 atom stereocenters. The topological polar surface area (TPSA) is 126 Å². The molecule has 0 bridgehead atoms. The van der Waals surface area contributed by atoms with Gasteiger partial charge in [-0.3, -0.25) is 4.98 Å². The Hall–Kier alpha value is -4.36. The lowest BCUT2D eigenvalue weighted by Crippen LogP contribution is -2.55. The molecule has 0 spiro atoms. The van der Waals surface area contributed by atoms with Crippen molar-refractivity contribution in [3.05, 3.63) is 69.7 Å². The lowest BCUT2D eigenvalue weighted by Gasteiger charge is -2.38. The summed E-state index contributed by atoms with van der Waals surface area (Å²) in [5, 5.41) is 14.1. The summed E-state index contributed by atoms with van der Waals surface area (Å²) in [6.45, 7) is 11.4. The molecule has 1 saturated heterocycles. The molecule has 4 heterocycles. The van der Waals surface area contributed by atoms with Gasteiger partial charge in [0.15, 0.2) is 5.65 Å². The number of para-hydroxylation sites is 1. The molecule has 3 aromatic heterocycles. The predicted molar refractivity (Wildman–Crippen MR) is 151 cm³/mol. The van der Waals surface area contributed by atoms with E-state index in [1.807, 2.05) is 26.8 Å². The van der Waals surface area contributed by atoms with E-state index < -0.39 is 11.5 Å². The fourth-order valence-corrected chi connectivity index (χ4v) is 5.19. The third-order valence-corrected chi connectivity index (χ3v) is 7.24. The first-order valence-corrected chi connectivity index (χ1v) is 13.0. The van der Waals surface area contributed by atoms with Crippen LogP contribution in [0.25, 0.3) is 28.0 Å². The maximum absolute atomic E-state index is 14.5. The SMILES string of the molecule is Cc1ccnc(C(C)C)c1-n1c(=O)nc(N2C[C@@H](C)NC[C@@H]2C)c2cc(C#N)c(-c3cccc(F)c3N)nc21. The summed E-state index contributed by atoms with van der Waals surface area (Å²) in [6.07, 6.45) is 1.72. The highest BCUT2D eigenvalue weighted by Gasteiger charge is 2.29. The Morgan fingerprint density at radius 2 is 2.00 bits per heavy atom. The fourth-order valence-electron chi connectivity index (χ4n) is 5.19. The summed E-state index contributed by atoms with van der Waals surface area (Å²) in [4.78, 5) is 30.0. The van der Waals surface area contributed by atoms with Crippen molar-refractivity contribution in [2.45, 2.75) is 52.6 Å². The highest BCUT2D eigenvalue weighted by atomic mass is 19.1. The summed E-state index contributed by atoms with van der Waals surface area (Å²) in [5.74, 6) is -0.144. The van der Waals surface area contributed by atoms with Crippen molar-refractivity contribution in [2.75, 3.05) is 23.7 Å². The number of pyridine rings is 2. The standard InChI is InChI=1S/C29H31FN8O/c1-15(2)24-26(16(3)9-10-33-24)38-28-21(27(36-29(38)39)37-14-17(4)34-13-18(37)5)11-19(12-31)25(35-28)20-7-6-8-22(30)23(20)32/h6-11,15,17-18,34H,13-14,32H2,1-5H3/t17-,18+/m1/s1. The van der Waals surface area contributed by atoms with E-state index in [0.29, 0.717) is 35.6 Å². The minimum atomic E-state index is -0.611. The Morgan fingerprint density at radius 3 is 2.72 bits per heavy atom. The Bertz CT molecular complexity index is 1690. The van der Waals surface area contributed by atoms with Crippen LogP contribution in [0, 0.1) is 24.1 Å². The van der Waals surface area contributed by atoms with Gasteiger partial charge < -0.3 is 16.0 Å². The van der Waals surface area contributed by atoms with Gasteiger partial charge >= 0.3 is 5.69 Å². The van der Waals surface area contributed by atoms with E-state index in [4.69, 9.17) is 10.7 Å². The molecule has 5 rings (SSSR count). The number of nitriles is 1. The number of nitrogens with zero attached hydrogens (tertiary/aromatic N) is 6. The number of hydrogen-bond acceptors (Lipinski definition) is 8. The van der Waals surface area contributed by atoms with Crippen LogP contribution in [0.15, 0.2) is 41.3 Å². The van der Waals surface area contributed by atoms with Gasteiger partial charge in [0.25, 0.3) is 0 Å². The zero-order valence-corrected chi connectivity index (χ0v) is 22.7. The quantitative estimate of drug-likeness (QED) is 0.382. The molecular weight excluding hydrogens is 495 g/mol. The van der Waals surface area contributed by atoms with Gasteiger partial charge in [0, 0.05) is 36.9 Å². The number of piperazine rings is 1. The Morgan fingerprint density at radius 1 is 1.23 bits per heavy atom. The molecule has 1 fully saturated rings. The van der Waals surface area contributed by atoms with Crippen LogP contribution >= 0.6 is 0 Å². The third-order valence-electron chi connectivity index (χ3n) is 7.24. The van der Waals surface area contributed by atoms with Crippen LogP contribution in [0.4, 0.5) is 15.9 Å². The monoisotopic (exact) mass is 526 g/mol. The van der Waals surface area contributed by atoms with Crippen molar-refractivity contribution in [1.82, 2.24) is 24.8 Å². The van der Waals surface area contributed by atoms with Crippen molar-refractivity contribution in [2.24, 2.45) is 0 Å². The number of nitrogens with two attached hydrogens (primary N) is 1. The minimum Gasteiger partial charge on any atom is -0.396 e. The van der Waals surface area contributed by atoms with Gasteiger partial charge in [0.2, 0.25) is 0 Å². The first kappa shape index (κ1) is 26.3.